The number of carbonyl (C=O) groups excluding carboxylic acids is 1. The lowest BCUT2D eigenvalue weighted by atomic mass is 9.67. The average molecular weight is 257 g/mol. The van der Waals surface area contributed by atoms with E-state index in [0.717, 1.165) is 0 Å². The van der Waals surface area contributed by atoms with Crippen molar-refractivity contribution in [2.75, 3.05) is 12.0 Å². The molecule has 96 valence electrons. The molecule has 1 unspecified atom stereocenters. The Morgan fingerprint density at radius 2 is 1.88 bits per heavy atom. The lowest BCUT2D eigenvalue weighted by Crippen LogP contribution is -2.63. The molecule has 0 aromatic carbocycles. The van der Waals surface area contributed by atoms with Gasteiger partial charge in [0.05, 0.1) is 0 Å². The number of thioether (sulfide) groups is 1. The van der Waals surface area contributed by atoms with Gasteiger partial charge in [0.15, 0.2) is 11.8 Å². The quantitative estimate of drug-likeness (QED) is 0.371. The highest BCUT2D eigenvalue weighted by Gasteiger charge is 2.52. The minimum atomic E-state index is -1.92. The second-order valence-electron chi connectivity index (χ2n) is 3.99. The van der Waals surface area contributed by atoms with Gasteiger partial charge in [-0.25, -0.2) is 4.79 Å². The molecule has 17 heavy (non-hydrogen) atoms. The second kappa shape index (κ2) is 6.61. The van der Waals surface area contributed by atoms with Crippen molar-refractivity contribution >= 4 is 24.0 Å². The number of carboxylic acids is 1. The molecule has 0 saturated heterocycles. The van der Waals surface area contributed by atoms with E-state index in [1.807, 2.05) is 6.26 Å². The van der Waals surface area contributed by atoms with Crippen LogP contribution in [0.15, 0.2) is 25.3 Å². The molecule has 0 aliphatic carbocycles. The van der Waals surface area contributed by atoms with Crippen LogP contribution in [-0.2, 0) is 9.59 Å². The van der Waals surface area contributed by atoms with Crippen LogP contribution < -0.4 is 5.73 Å². The van der Waals surface area contributed by atoms with Crippen molar-refractivity contribution in [2.45, 2.75) is 18.4 Å². The largest absolute Gasteiger partial charge is 0.480 e. The summed E-state index contributed by atoms with van der Waals surface area (Å²) in [7, 11) is 0. The van der Waals surface area contributed by atoms with E-state index in [-0.39, 0.29) is 0 Å². The van der Waals surface area contributed by atoms with Crippen LogP contribution in [0.1, 0.15) is 12.8 Å². The Kier molecular flexibility index (Phi) is 6.20. The van der Waals surface area contributed by atoms with Gasteiger partial charge in [0.2, 0.25) is 0 Å². The molecular weight excluding hydrogens is 238 g/mol. The predicted octanol–water partition coefficient (Wildman–Crippen LogP) is 1.47. The van der Waals surface area contributed by atoms with E-state index in [1.54, 1.807) is 12.2 Å². The van der Waals surface area contributed by atoms with Crippen molar-refractivity contribution in [3.05, 3.63) is 25.3 Å². The second-order valence-corrected chi connectivity index (χ2v) is 4.86. The summed E-state index contributed by atoms with van der Waals surface area (Å²) in [5.41, 5.74) is 3.00. The summed E-state index contributed by atoms with van der Waals surface area (Å²) in [5.74, 6) is -0.864. The van der Waals surface area contributed by atoms with E-state index in [4.69, 9.17) is 5.73 Å². The van der Waals surface area contributed by atoms with Crippen LogP contribution in [0.4, 0.5) is 0 Å². The van der Waals surface area contributed by atoms with Crippen LogP contribution in [0.3, 0.4) is 0 Å². The van der Waals surface area contributed by atoms with Crippen molar-refractivity contribution in [1.29, 1.82) is 0 Å². The Balaban J connectivity index is 5.65. The van der Waals surface area contributed by atoms with E-state index in [1.165, 1.54) is 11.8 Å². The maximum absolute atomic E-state index is 11.3. The number of hydrogen-bond donors (Lipinski definition) is 2. The topological polar surface area (TPSA) is 80.4 Å². The summed E-state index contributed by atoms with van der Waals surface area (Å²) in [6, 6.07) is 0. The average Bonchev–Trinajstić information content (AvgIpc) is 2.28. The molecular formula is C12H19NO3S. The zero-order chi connectivity index (χ0) is 13.5. The molecule has 1 atom stereocenters. The van der Waals surface area contributed by atoms with Gasteiger partial charge in [0.1, 0.15) is 0 Å². The first-order valence-corrected chi connectivity index (χ1v) is 6.53. The van der Waals surface area contributed by atoms with Gasteiger partial charge < -0.3 is 15.6 Å². The number of nitrogens with two attached hydrogens (primary N) is 1. The van der Waals surface area contributed by atoms with Gasteiger partial charge in [-0.15, -0.1) is 13.2 Å². The summed E-state index contributed by atoms with van der Waals surface area (Å²) < 4.78 is 0. The van der Waals surface area contributed by atoms with Gasteiger partial charge in [0.25, 0.3) is 0 Å². The zero-order valence-electron chi connectivity index (χ0n) is 10.0. The van der Waals surface area contributed by atoms with Crippen LogP contribution in [0.25, 0.3) is 0 Å². The Morgan fingerprint density at radius 3 is 2.12 bits per heavy atom. The molecule has 0 aliphatic rings. The van der Waals surface area contributed by atoms with Gasteiger partial charge in [0, 0.05) is 11.2 Å². The number of rotatable bonds is 9. The standard InChI is InChI=1S/C12H19NO3S/c1-4-6-11(7-5-2,9-17-3)12(13,8-14)10(15)16/h4-5,8H,1-2,6-7,9,13H2,3H3,(H,15,16). The highest BCUT2D eigenvalue weighted by Crippen LogP contribution is 2.40. The number of aliphatic carboxylic acids is 1. The number of aldehydes is 1. The highest BCUT2D eigenvalue weighted by atomic mass is 32.2. The normalized spacial score (nSPS) is 14.7. The van der Waals surface area contributed by atoms with Crippen molar-refractivity contribution in [3.8, 4) is 0 Å². The fourth-order valence-electron chi connectivity index (χ4n) is 1.89. The van der Waals surface area contributed by atoms with Crippen molar-refractivity contribution in [3.63, 3.8) is 0 Å². The molecule has 0 aromatic rings. The molecule has 0 amide bonds. The highest BCUT2D eigenvalue weighted by molar-refractivity contribution is 7.98. The van der Waals surface area contributed by atoms with Crippen molar-refractivity contribution in [2.24, 2.45) is 11.1 Å². The van der Waals surface area contributed by atoms with E-state index < -0.39 is 16.9 Å². The number of hydrogen-bond acceptors (Lipinski definition) is 4. The van der Waals surface area contributed by atoms with Gasteiger partial charge >= 0.3 is 5.97 Å². The molecule has 0 saturated carbocycles. The number of carbonyl (C=O) groups is 2. The molecule has 5 heteroatoms. The van der Waals surface area contributed by atoms with Crippen LogP contribution in [-0.4, -0.2) is 34.9 Å². The minimum Gasteiger partial charge on any atom is -0.480 e. The summed E-state index contributed by atoms with van der Waals surface area (Å²) in [6.07, 6.45) is 6.04. The molecule has 4 nitrogen and oxygen atoms in total. The molecule has 3 N–H and O–H groups in total. The summed E-state index contributed by atoms with van der Waals surface area (Å²) in [4.78, 5) is 22.4. The third-order valence-electron chi connectivity index (χ3n) is 2.91. The number of carboxylic acid groups (broad SMARTS) is 1. The fourth-order valence-corrected chi connectivity index (χ4v) is 2.92. The lowest BCUT2D eigenvalue weighted by molar-refractivity contribution is -0.150. The van der Waals surface area contributed by atoms with Crippen molar-refractivity contribution in [1.82, 2.24) is 0 Å². The number of allylic oxidation sites excluding steroid dienone is 2. The maximum Gasteiger partial charge on any atom is 0.331 e. The van der Waals surface area contributed by atoms with Gasteiger partial charge in [-0.3, -0.25) is 0 Å². The summed E-state index contributed by atoms with van der Waals surface area (Å²) in [6.45, 7) is 7.22. The van der Waals surface area contributed by atoms with Crippen molar-refractivity contribution < 1.29 is 14.7 Å². The van der Waals surface area contributed by atoms with E-state index in [9.17, 15) is 14.7 Å². The van der Waals surface area contributed by atoms with Crippen LogP contribution in [0.5, 0.6) is 0 Å². The van der Waals surface area contributed by atoms with E-state index in [0.29, 0.717) is 24.9 Å². The Labute approximate surface area is 106 Å². The Morgan fingerprint density at radius 1 is 1.41 bits per heavy atom. The van der Waals surface area contributed by atoms with Crippen LogP contribution in [0, 0.1) is 5.41 Å². The molecule has 0 aliphatic heterocycles. The zero-order valence-corrected chi connectivity index (χ0v) is 10.8. The van der Waals surface area contributed by atoms with Gasteiger partial charge in [-0.05, 0) is 19.1 Å². The SMILES string of the molecule is C=CCC(CC=C)(CSC)C(N)(C=O)C(=O)O. The predicted molar refractivity (Wildman–Crippen MR) is 71.1 cm³/mol. The first kappa shape index (κ1) is 15.9. The Hall–Kier alpha value is -1.07. The fraction of sp³-hybridized carbons (Fsp3) is 0.500. The van der Waals surface area contributed by atoms with Crippen LogP contribution in [0.2, 0.25) is 0 Å². The molecule has 0 radical (unpaired) electrons. The molecule has 0 fully saturated rings. The first-order chi connectivity index (χ1) is 7.94. The van der Waals surface area contributed by atoms with E-state index in [2.05, 4.69) is 13.2 Å². The maximum atomic E-state index is 11.3. The van der Waals surface area contributed by atoms with Gasteiger partial charge in [-0.1, -0.05) is 12.2 Å². The molecule has 0 heterocycles. The van der Waals surface area contributed by atoms with Crippen LogP contribution >= 0.6 is 11.8 Å². The van der Waals surface area contributed by atoms with E-state index >= 15 is 0 Å². The molecule has 0 aromatic heterocycles. The molecule has 0 spiro atoms. The minimum absolute atomic E-state index is 0.318. The molecule has 0 rings (SSSR count). The third-order valence-corrected chi connectivity index (χ3v) is 3.75. The first-order valence-electron chi connectivity index (χ1n) is 5.13. The van der Waals surface area contributed by atoms with Gasteiger partial charge in [-0.2, -0.15) is 11.8 Å². The third kappa shape index (κ3) is 2.98. The Bertz CT molecular complexity index is 307. The summed E-state index contributed by atoms with van der Waals surface area (Å²) in [5, 5.41) is 9.21. The smallest absolute Gasteiger partial charge is 0.331 e. The summed E-state index contributed by atoms with van der Waals surface area (Å²) >= 11 is 1.45. The monoisotopic (exact) mass is 257 g/mol. The lowest BCUT2D eigenvalue weighted by Gasteiger charge is -2.41. The molecule has 0 bridgehead atoms.